The van der Waals surface area contributed by atoms with Gasteiger partial charge in [0.2, 0.25) is 0 Å². The van der Waals surface area contributed by atoms with Gasteiger partial charge >= 0.3 is 0 Å². The number of carbonyl (C=O) groups excluding carboxylic acids is 1. The minimum absolute atomic E-state index is 0.130. The number of amides is 1. The van der Waals surface area contributed by atoms with Crippen LogP contribution >= 0.6 is 0 Å². The maximum atomic E-state index is 12.4. The molecule has 0 saturated carbocycles. The molecule has 0 aliphatic rings. The number of benzene rings is 2. The molecular formula is C21H22N4O3. The second kappa shape index (κ2) is 8.85. The molecule has 3 rings (SSSR count). The fraction of sp³-hybridized carbons (Fsp3) is 0.190. The molecule has 7 nitrogen and oxygen atoms in total. The Kier molecular flexibility index (Phi) is 6.06. The summed E-state index contributed by atoms with van der Waals surface area (Å²) in [6, 6.07) is 15.0. The molecule has 7 heteroatoms. The SMILES string of the molecule is COc1ccc(OC)c(Nc2cnc(C(=O)NC(C)c3ccccc3)cn2)c1. The van der Waals surface area contributed by atoms with Gasteiger partial charge in [0.05, 0.1) is 38.3 Å². The lowest BCUT2D eigenvalue weighted by atomic mass is 10.1. The van der Waals surface area contributed by atoms with Crippen LogP contribution in [0.5, 0.6) is 11.5 Å². The van der Waals surface area contributed by atoms with Crippen molar-refractivity contribution in [1.29, 1.82) is 0 Å². The highest BCUT2D eigenvalue weighted by atomic mass is 16.5. The molecule has 1 aromatic heterocycles. The first kappa shape index (κ1) is 19.2. The second-order valence-corrected chi connectivity index (χ2v) is 6.08. The Morgan fingerprint density at radius 1 is 1.00 bits per heavy atom. The molecule has 1 amide bonds. The number of nitrogens with zero attached hydrogens (tertiary/aromatic N) is 2. The third-order valence-corrected chi connectivity index (χ3v) is 4.20. The summed E-state index contributed by atoms with van der Waals surface area (Å²) in [6.45, 7) is 1.92. The van der Waals surface area contributed by atoms with E-state index in [0.717, 1.165) is 5.56 Å². The zero-order valence-electron chi connectivity index (χ0n) is 16.0. The molecule has 0 fully saturated rings. The molecule has 1 heterocycles. The van der Waals surface area contributed by atoms with E-state index in [1.807, 2.05) is 37.3 Å². The zero-order valence-corrected chi connectivity index (χ0v) is 16.0. The molecule has 2 N–H and O–H groups in total. The summed E-state index contributed by atoms with van der Waals surface area (Å²) in [5.74, 6) is 1.52. The lowest BCUT2D eigenvalue weighted by molar-refractivity contribution is 0.0934. The molecule has 0 aliphatic heterocycles. The third kappa shape index (κ3) is 4.56. The number of nitrogens with one attached hydrogen (secondary N) is 2. The van der Waals surface area contributed by atoms with Gasteiger partial charge in [-0.05, 0) is 24.6 Å². The van der Waals surface area contributed by atoms with Crippen LogP contribution in [0.25, 0.3) is 0 Å². The highest BCUT2D eigenvalue weighted by Crippen LogP contribution is 2.30. The Hall–Kier alpha value is -3.61. The Labute approximate surface area is 163 Å². The van der Waals surface area contributed by atoms with Crippen molar-refractivity contribution in [3.05, 3.63) is 72.2 Å². The summed E-state index contributed by atoms with van der Waals surface area (Å²) < 4.78 is 10.6. The summed E-state index contributed by atoms with van der Waals surface area (Å²) in [7, 11) is 3.18. The van der Waals surface area contributed by atoms with Gasteiger partial charge in [-0.3, -0.25) is 4.79 Å². The molecule has 0 spiro atoms. The molecule has 144 valence electrons. The zero-order chi connectivity index (χ0) is 19.9. The first-order valence-electron chi connectivity index (χ1n) is 8.77. The Balaban J connectivity index is 1.69. The number of aromatic nitrogens is 2. The predicted molar refractivity (Wildman–Crippen MR) is 107 cm³/mol. The molecule has 2 aromatic carbocycles. The summed E-state index contributed by atoms with van der Waals surface area (Å²) in [6.07, 6.45) is 2.93. The number of ether oxygens (including phenoxy) is 2. The maximum Gasteiger partial charge on any atom is 0.271 e. The highest BCUT2D eigenvalue weighted by Gasteiger charge is 2.13. The van der Waals surface area contributed by atoms with Crippen LogP contribution in [0.2, 0.25) is 0 Å². The average Bonchev–Trinajstić information content (AvgIpc) is 2.74. The molecule has 3 aromatic rings. The molecular weight excluding hydrogens is 356 g/mol. The Bertz CT molecular complexity index is 930. The number of anilines is 2. The van der Waals surface area contributed by atoms with Crippen LogP contribution < -0.4 is 20.1 Å². The van der Waals surface area contributed by atoms with Gasteiger partial charge in [0.15, 0.2) is 0 Å². The fourth-order valence-electron chi connectivity index (χ4n) is 2.66. The molecule has 0 radical (unpaired) electrons. The summed E-state index contributed by atoms with van der Waals surface area (Å²) >= 11 is 0. The van der Waals surface area contributed by atoms with Crippen LogP contribution in [0.15, 0.2) is 60.9 Å². The summed E-state index contributed by atoms with van der Waals surface area (Å²) in [5, 5.41) is 6.04. The first-order chi connectivity index (χ1) is 13.6. The fourth-order valence-corrected chi connectivity index (χ4v) is 2.66. The van der Waals surface area contributed by atoms with Gasteiger partial charge in [-0.1, -0.05) is 30.3 Å². The van der Waals surface area contributed by atoms with Crippen molar-refractivity contribution in [3.63, 3.8) is 0 Å². The standard InChI is InChI=1S/C21H22N4O3/c1-14(15-7-5-4-6-8-15)24-21(26)18-12-23-20(13-22-18)25-17-11-16(27-2)9-10-19(17)28-3/h4-14H,1-3H3,(H,23,25)(H,24,26). The van der Waals surface area contributed by atoms with Gasteiger partial charge in [-0.2, -0.15) is 0 Å². The van der Waals surface area contributed by atoms with E-state index in [1.165, 1.54) is 12.4 Å². The maximum absolute atomic E-state index is 12.4. The van der Waals surface area contributed by atoms with Gasteiger partial charge in [0, 0.05) is 6.07 Å². The van der Waals surface area contributed by atoms with Crippen LogP contribution in [-0.4, -0.2) is 30.1 Å². The van der Waals surface area contributed by atoms with Crippen molar-refractivity contribution in [2.45, 2.75) is 13.0 Å². The minimum Gasteiger partial charge on any atom is -0.497 e. The van der Waals surface area contributed by atoms with Crippen LogP contribution in [0, 0.1) is 0 Å². The first-order valence-corrected chi connectivity index (χ1v) is 8.77. The molecule has 0 aliphatic carbocycles. The minimum atomic E-state index is -0.283. The van der Waals surface area contributed by atoms with Gasteiger partial charge < -0.3 is 20.1 Å². The van der Waals surface area contributed by atoms with Crippen molar-refractivity contribution < 1.29 is 14.3 Å². The van der Waals surface area contributed by atoms with Crippen LogP contribution in [-0.2, 0) is 0 Å². The van der Waals surface area contributed by atoms with E-state index >= 15 is 0 Å². The topological polar surface area (TPSA) is 85.4 Å². The predicted octanol–water partition coefficient (Wildman–Crippen LogP) is 3.73. The lowest BCUT2D eigenvalue weighted by Gasteiger charge is -2.14. The second-order valence-electron chi connectivity index (χ2n) is 6.08. The van der Waals surface area contributed by atoms with Crippen molar-refractivity contribution in [3.8, 4) is 11.5 Å². The number of hydrogen-bond donors (Lipinski definition) is 2. The average molecular weight is 378 g/mol. The summed E-state index contributed by atoms with van der Waals surface area (Å²) in [5.41, 5.74) is 1.95. The lowest BCUT2D eigenvalue weighted by Crippen LogP contribution is -2.27. The molecule has 28 heavy (non-hydrogen) atoms. The third-order valence-electron chi connectivity index (χ3n) is 4.20. The van der Waals surface area contributed by atoms with Crippen LogP contribution in [0.3, 0.4) is 0 Å². The van der Waals surface area contributed by atoms with Gasteiger partial charge in [-0.25, -0.2) is 9.97 Å². The van der Waals surface area contributed by atoms with Gasteiger partial charge in [-0.15, -0.1) is 0 Å². The van der Waals surface area contributed by atoms with E-state index in [9.17, 15) is 4.79 Å². The van der Waals surface area contributed by atoms with E-state index in [-0.39, 0.29) is 17.6 Å². The number of rotatable bonds is 7. The van der Waals surface area contributed by atoms with Gasteiger partial charge in [0.25, 0.3) is 5.91 Å². The van der Waals surface area contributed by atoms with Crippen molar-refractivity contribution in [2.24, 2.45) is 0 Å². The van der Waals surface area contributed by atoms with Crippen LogP contribution in [0.4, 0.5) is 11.5 Å². The number of methoxy groups -OCH3 is 2. The van der Waals surface area contributed by atoms with Crippen molar-refractivity contribution in [1.82, 2.24) is 15.3 Å². The number of carbonyl (C=O) groups is 1. The molecule has 1 unspecified atom stereocenters. The molecule has 0 saturated heterocycles. The largest absolute Gasteiger partial charge is 0.497 e. The van der Waals surface area contributed by atoms with Gasteiger partial charge in [0.1, 0.15) is 23.0 Å². The van der Waals surface area contributed by atoms with E-state index in [0.29, 0.717) is 23.0 Å². The Morgan fingerprint density at radius 3 is 2.43 bits per heavy atom. The van der Waals surface area contributed by atoms with E-state index in [4.69, 9.17) is 9.47 Å². The van der Waals surface area contributed by atoms with E-state index in [2.05, 4.69) is 20.6 Å². The smallest absolute Gasteiger partial charge is 0.271 e. The normalized spacial score (nSPS) is 11.4. The molecule has 1 atom stereocenters. The van der Waals surface area contributed by atoms with Crippen LogP contribution in [0.1, 0.15) is 29.0 Å². The monoisotopic (exact) mass is 378 g/mol. The molecule has 0 bridgehead atoms. The Morgan fingerprint density at radius 2 is 1.79 bits per heavy atom. The quantitative estimate of drug-likeness (QED) is 0.652. The number of hydrogen-bond acceptors (Lipinski definition) is 6. The van der Waals surface area contributed by atoms with E-state index < -0.39 is 0 Å². The van der Waals surface area contributed by atoms with Crippen molar-refractivity contribution in [2.75, 3.05) is 19.5 Å². The van der Waals surface area contributed by atoms with Crippen molar-refractivity contribution >= 4 is 17.4 Å². The summed E-state index contributed by atoms with van der Waals surface area (Å²) in [4.78, 5) is 20.9. The highest BCUT2D eigenvalue weighted by molar-refractivity contribution is 5.92. The van der Waals surface area contributed by atoms with E-state index in [1.54, 1.807) is 32.4 Å².